The molecule has 0 heterocycles. The first-order chi connectivity index (χ1) is 8.65. The molecule has 4 heteroatoms. The number of hydrogen-bond acceptors (Lipinski definition) is 4. The number of carbonyl (C=O) groups excluding carboxylic acids is 2. The minimum atomic E-state index is -0.351. The summed E-state index contributed by atoms with van der Waals surface area (Å²) >= 11 is 0. The van der Waals surface area contributed by atoms with E-state index in [1.54, 1.807) is 6.92 Å². The van der Waals surface area contributed by atoms with Gasteiger partial charge in [0, 0.05) is 12.0 Å². The molecular weight excluding hydrogens is 232 g/mol. The Morgan fingerprint density at radius 2 is 1.83 bits per heavy atom. The summed E-state index contributed by atoms with van der Waals surface area (Å²) in [5, 5.41) is 0. The summed E-state index contributed by atoms with van der Waals surface area (Å²) in [6, 6.07) is 0. The topological polar surface area (TPSA) is 52.6 Å². The standard InChI is InChI=1S/C14H24O4/c1-4-6-7-8-9-12(14(16)17-3)10-11-13(15)18-5-2/h9H,4-8,10-11H2,1-3H3/b12-9-. The molecule has 0 aliphatic carbocycles. The van der Waals surface area contributed by atoms with Crippen LogP contribution in [0.15, 0.2) is 11.6 Å². The molecule has 0 aromatic rings. The van der Waals surface area contributed by atoms with Crippen LogP contribution in [0.4, 0.5) is 0 Å². The molecule has 0 aromatic carbocycles. The number of carbonyl (C=O) groups is 2. The van der Waals surface area contributed by atoms with E-state index in [1.807, 2.05) is 6.08 Å². The minimum absolute atomic E-state index is 0.225. The molecule has 0 fully saturated rings. The summed E-state index contributed by atoms with van der Waals surface area (Å²) in [6.45, 7) is 4.26. The quantitative estimate of drug-likeness (QED) is 0.361. The molecule has 18 heavy (non-hydrogen) atoms. The molecule has 0 bridgehead atoms. The van der Waals surface area contributed by atoms with Crippen LogP contribution in [0.5, 0.6) is 0 Å². The molecule has 0 unspecified atom stereocenters. The van der Waals surface area contributed by atoms with Crippen LogP contribution in [-0.2, 0) is 19.1 Å². The lowest BCUT2D eigenvalue weighted by molar-refractivity contribution is -0.143. The molecule has 0 atom stereocenters. The Morgan fingerprint density at radius 1 is 1.11 bits per heavy atom. The van der Waals surface area contributed by atoms with E-state index < -0.39 is 0 Å². The summed E-state index contributed by atoms with van der Waals surface area (Å²) in [5.74, 6) is -0.628. The Labute approximate surface area is 109 Å². The van der Waals surface area contributed by atoms with Gasteiger partial charge in [-0.3, -0.25) is 4.79 Å². The number of methoxy groups -OCH3 is 1. The van der Waals surface area contributed by atoms with E-state index in [9.17, 15) is 9.59 Å². The highest BCUT2D eigenvalue weighted by Crippen LogP contribution is 2.11. The smallest absolute Gasteiger partial charge is 0.333 e. The summed E-state index contributed by atoms with van der Waals surface area (Å²) < 4.78 is 9.53. The molecule has 0 aliphatic heterocycles. The highest BCUT2D eigenvalue weighted by atomic mass is 16.5. The van der Waals surface area contributed by atoms with E-state index in [1.165, 1.54) is 7.11 Å². The fraction of sp³-hybridized carbons (Fsp3) is 0.714. The second-order valence-electron chi connectivity index (χ2n) is 4.02. The number of rotatable bonds is 9. The molecule has 104 valence electrons. The number of allylic oxidation sites excluding steroid dienone is 1. The van der Waals surface area contributed by atoms with Crippen LogP contribution in [0.1, 0.15) is 52.4 Å². The maximum Gasteiger partial charge on any atom is 0.333 e. The van der Waals surface area contributed by atoms with Crippen molar-refractivity contribution < 1.29 is 19.1 Å². The van der Waals surface area contributed by atoms with Crippen LogP contribution in [-0.4, -0.2) is 25.7 Å². The molecule has 0 N–H and O–H groups in total. The predicted octanol–water partition coefficient (Wildman–Crippen LogP) is 3.01. The lowest BCUT2D eigenvalue weighted by Gasteiger charge is -2.05. The maximum absolute atomic E-state index is 11.5. The van der Waals surface area contributed by atoms with Gasteiger partial charge >= 0.3 is 11.9 Å². The highest BCUT2D eigenvalue weighted by molar-refractivity contribution is 5.89. The van der Waals surface area contributed by atoms with Crippen molar-refractivity contribution in [3.8, 4) is 0 Å². The zero-order chi connectivity index (χ0) is 13.8. The van der Waals surface area contributed by atoms with Crippen molar-refractivity contribution in [3.63, 3.8) is 0 Å². The molecule has 0 spiro atoms. The molecule has 4 nitrogen and oxygen atoms in total. The van der Waals surface area contributed by atoms with Crippen molar-refractivity contribution in [2.75, 3.05) is 13.7 Å². The first-order valence-electron chi connectivity index (χ1n) is 6.58. The van der Waals surface area contributed by atoms with Crippen LogP contribution >= 0.6 is 0 Å². The van der Waals surface area contributed by atoms with Gasteiger partial charge in [0.2, 0.25) is 0 Å². The van der Waals surface area contributed by atoms with Crippen molar-refractivity contribution in [1.82, 2.24) is 0 Å². The van der Waals surface area contributed by atoms with Crippen molar-refractivity contribution >= 4 is 11.9 Å². The largest absolute Gasteiger partial charge is 0.466 e. The van der Waals surface area contributed by atoms with Gasteiger partial charge in [0.1, 0.15) is 0 Å². The van der Waals surface area contributed by atoms with Gasteiger partial charge in [-0.1, -0.05) is 25.8 Å². The second kappa shape index (κ2) is 10.8. The normalized spacial score (nSPS) is 11.2. The Kier molecular flexibility index (Phi) is 10.0. The second-order valence-corrected chi connectivity index (χ2v) is 4.02. The van der Waals surface area contributed by atoms with Gasteiger partial charge in [0.15, 0.2) is 0 Å². The zero-order valence-corrected chi connectivity index (χ0v) is 11.7. The van der Waals surface area contributed by atoms with Gasteiger partial charge < -0.3 is 9.47 Å². The average molecular weight is 256 g/mol. The van der Waals surface area contributed by atoms with E-state index in [0.717, 1.165) is 25.7 Å². The van der Waals surface area contributed by atoms with E-state index in [-0.39, 0.29) is 18.4 Å². The summed E-state index contributed by atoms with van der Waals surface area (Å²) in [7, 11) is 1.35. The van der Waals surface area contributed by atoms with Crippen LogP contribution in [0, 0.1) is 0 Å². The van der Waals surface area contributed by atoms with Gasteiger partial charge in [0.05, 0.1) is 13.7 Å². The molecule has 0 saturated carbocycles. The summed E-state index contributed by atoms with van der Waals surface area (Å²) in [6.07, 6.45) is 6.67. The van der Waals surface area contributed by atoms with E-state index >= 15 is 0 Å². The molecule has 0 radical (unpaired) electrons. The zero-order valence-electron chi connectivity index (χ0n) is 11.7. The first-order valence-corrected chi connectivity index (χ1v) is 6.58. The Morgan fingerprint density at radius 3 is 2.39 bits per heavy atom. The van der Waals surface area contributed by atoms with Crippen molar-refractivity contribution in [3.05, 3.63) is 11.6 Å². The maximum atomic E-state index is 11.5. The third-order valence-corrected chi connectivity index (χ3v) is 2.55. The van der Waals surface area contributed by atoms with Crippen molar-refractivity contribution in [2.24, 2.45) is 0 Å². The number of hydrogen-bond donors (Lipinski definition) is 0. The lowest BCUT2D eigenvalue weighted by Crippen LogP contribution is -2.09. The van der Waals surface area contributed by atoms with E-state index in [4.69, 9.17) is 9.47 Å². The van der Waals surface area contributed by atoms with Crippen molar-refractivity contribution in [1.29, 1.82) is 0 Å². The van der Waals surface area contributed by atoms with Crippen LogP contribution < -0.4 is 0 Å². The van der Waals surface area contributed by atoms with Crippen LogP contribution in [0.3, 0.4) is 0 Å². The third-order valence-electron chi connectivity index (χ3n) is 2.55. The van der Waals surface area contributed by atoms with Crippen molar-refractivity contribution in [2.45, 2.75) is 52.4 Å². The number of unbranched alkanes of at least 4 members (excludes halogenated alkanes) is 3. The highest BCUT2D eigenvalue weighted by Gasteiger charge is 2.12. The van der Waals surface area contributed by atoms with E-state index in [2.05, 4.69) is 6.92 Å². The monoisotopic (exact) mass is 256 g/mol. The number of esters is 2. The molecule has 0 saturated heterocycles. The van der Waals surface area contributed by atoms with Gasteiger partial charge in [0.25, 0.3) is 0 Å². The summed E-state index contributed by atoms with van der Waals surface area (Å²) in [4.78, 5) is 22.7. The SMILES string of the molecule is CCCCC/C=C(/CCC(=O)OCC)C(=O)OC. The van der Waals surface area contributed by atoms with Gasteiger partial charge in [-0.25, -0.2) is 4.79 Å². The van der Waals surface area contributed by atoms with Crippen LogP contribution in [0.2, 0.25) is 0 Å². The Bertz CT molecular complexity index is 282. The molecular formula is C14H24O4. The third kappa shape index (κ3) is 7.87. The van der Waals surface area contributed by atoms with Crippen LogP contribution in [0.25, 0.3) is 0 Å². The van der Waals surface area contributed by atoms with Gasteiger partial charge in [-0.2, -0.15) is 0 Å². The average Bonchev–Trinajstić information content (AvgIpc) is 2.37. The molecule has 0 amide bonds. The molecule has 0 rings (SSSR count). The Balaban J connectivity index is 4.22. The lowest BCUT2D eigenvalue weighted by atomic mass is 10.1. The molecule has 0 aromatic heterocycles. The Hall–Kier alpha value is -1.32. The van der Waals surface area contributed by atoms with Gasteiger partial charge in [-0.05, 0) is 26.2 Å². The fourth-order valence-electron chi connectivity index (χ4n) is 1.56. The first kappa shape index (κ1) is 16.7. The minimum Gasteiger partial charge on any atom is -0.466 e. The fourth-order valence-corrected chi connectivity index (χ4v) is 1.56. The van der Waals surface area contributed by atoms with E-state index in [0.29, 0.717) is 18.6 Å². The summed E-state index contributed by atoms with van der Waals surface area (Å²) in [5.41, 5.74) is 0.571. The predicted molar refractivity (Wildman–Crippen MR) is 70.1 cm³/mol. The molecule has 0 aliphatic rings. The van der Waals surface area contributed by atoms with Gasteiger partial charge in [-0.15, -0.1) is 0 Å². The number of ether oxygens (including phenoxy) is 2.